The number of hydrogen-bond donors (Lipinski definition) is 3. The molecule has 4 heteroatoms. The minimum atomic E-state index is 0.104. The van der Waals surface area contributed by atoms with Crippen molar-refractivity contribution < 1.29 is 4.79 Å². The Labute approximate surface area is 108 Å². The lowest BCUT2D eigenvalue weighted by Crippen LogP contribution is -2.21. The molecule has 0 bridgehead atoms. The summed E-state index contributed by atoms with van der Waals surface area (Å²) in [6.07, 6.45) is 2.69. The molecule has 0 saturated carbocycles. The third-order valence-electron chi connectivity index (χ3n) is 3.17. The standard InChI is InChI=1S/C14H21N3O/c1-15-6-2-7-16-8-5-11-3-4-13-12(9-11)10-14(18)17-13/h3-4,9,15-16H,2,5-8,10H2,1H3,(H,17,18). The fraction of sp³-hybridized carbons (Fsp3) is 0.500. The van der Waals surface area contributed by atoms with E-state index >= 15 is 0 Å². The van der Waals surface area contributed by atoms with Gasteiger partial charge in [0.1, 0.15) is 0 Å². The second-order valence-corrected chi connectivity index (χ2v) is 4.67. The van der Waals surface area contributed by atoms with E-state index in [4.69, 9.17) is 0 Å². The molecule has 0 spiro atoms. The molecule has 0 atom stereocenters. The van der Waals surface area contributed by atoms with Crippen LogP contribution in [0.25, 0.3) is 0 Å². The minimum Gasteiger partial charge on any atom is -0.326 e. The monoisotopic (exact) mass is 247 g/mol. The largest absolute Gasteiger partial charge is 0.326 e. The topological polar surface area (TPSA) is 53.2 Å². The molecular weight excluding hydrogens is 226 g/mol. The highest BCUT2D eigenvalue weighted by Gasteiger charge is 2.16. The van der Waals surface area contributed by atoms with Gasteiger partial charge in [-0.15, -0.1) is 0 Å². The molecular formula is C14H21N3O. The van der Waals surface area contributed by atoms with Crippen LogP contribution in [0.5, 0.6) is 0 Å². The van der Waals surface area contributed by atoms with E-state index < -0.39 is 0 Å². The molecule has 0 aromatic heterocycles. The number of anilines is 1. The van der Waals surface area contributed by atoms with Crippen LogP contribution in [0.4, 0.5) is 5.69 Å². The van der Waals surface area contributed by atoms with Crippen LogP contribution < -0.4 is 16.0 Å². The van der Waals surface area contributed by atoms with E-state index in [-0.39, 0.29) is 5.91 Å². The number of benzene rings is 1. The normalized spacial score (nSPS) is 13.5. The van der Waals surface area contributed by atoms with Crippen molar-refractivity contribution in [1.29, 1.82) is 0 Å². The van der Waals surface area contributed by atoms with Gasteiger partial charge in [-0.2, -0.15) is 0 Å². The zero-order valence-corrected chi connectivity index (χ0v) is 10.9. The molecule has 1 amide bonds. The number of nitrogens with one attached hydrogen (secondary N) is 3. The average molecular weight is 247 g/mol. The summed E-state index contributed by atoms with van der Waals surface area (Å²) in [5.41, 5.74) is 3.41. The maximum Gasteiger partial charge on any atom is 0.228 e. The molecule has 1 aromatic carbocycles. The smallest absolute Gasteiger partial charge is 0.228 e. The molecule has 3 N–H and O–H groups in total. The molecule has 0 saturated heterocycles. The minimum absolute atomic E-state index is 0.104. The molecule has 4 nitrogen and oxygen atoms in total. The molecule has 2 rings (SSSR count). The Bertz CT molecular complexity index is 418. The van der Waals surface area contributed by atoms with Gasteiger partial charge >= 0.3 is 0 Å². The van der Waals surface area contributed by atoms with Gasteiger partial charge in [0.05, 0.1) is 6.42 Å². The number of hydrogen-bond acceptors (Lipinski definition) is 3. The van der Waals surface area contributed by atoms with Crippen LogP contribution in [-0.4, -0.2) is 32.6 Å². The van der Waals surface area contributed by atoms with Gasteiger partial charge in [0.15, 0.2) is 0 Å². The molecule has 0 aliphatic carbocycles. The Balaban J connectivity index is 1.74. The molecule has 1 heterocycles. The second kappa shape index (κ2) is 6.52. The summed E-state index contributed by atoms with van der Waals surface area (Å²) < 4.78 is 0. The van der Waals surface area contributed by atoms with Crippen LogP contribution >= 0.6 is 0 Å². The summed E-state index contributed by atoms with van der Waals surface area (Å²) >= 11 is 0. The fourth-order valence-electron chi connectivity index (χ4n) is 2.19. The van der Waals surface area contributed by atoms with E-state index in [2.05, 4.69) is 28.1 Å². The number of fused-ring (bicyclic) bond motifs is 1. The van der Waals surface area contributed by atoms with Gasteiger partial charge in [0.25, 0.3) is 0 Å². The summed E-state index contributed by atoms with van der Waals surface area (Å²) in [7, 11) is 1.97. The van der Waals surface area contributed by atoms with Crippen molar-refractivity contribution in [2.24, 2.45) is 0 Å². The second-order valence-electron chi connectivity index (χ2n) is 4.67. The number of amides is 1. The quantitative estimate of drug-likeness (QED) is 0.628. The lowest BCUT2D eigenvalue weighted by molar-refractivity contribution is -0.115. The summed E-state index contributed by atoms with van der Waals surface area (Å²) in [5, 5.41) is 9.41. The SMILES string of the molecule is CNCCCNCCc1ccc2c(c1)CC(=O)N2. The van der Waals surface area contributed by atoms with Crippen molar-refractivity contribution in [3.63, 3.8) is 0 Å². The maximum absolute atomic E-state index is 11.2. The zero-order chi connectivity index (χ0) is 12.8. The molecule has 0 radical (unpaired) electrons. The van der Waals surface area contributed by atoms with Crippen molar-refractivity contribution >= 4 is 11.6 Å². The summed E-state index contributed by atoms with van der Waals surface area (Å²) in [6, 6.07) is 6.25. The number of carbonyl (C=O) groups excluding carboxylic acids is 1. The highest BCUT2D eigenvalue weighted by molar-refractivity contribution is 5.99. The van der Waals surface area contributed by atoms with Gasteiger partial charge in [-0.1, -0.05) is 12.1 Å². The Hall–Kier alpha value is -1.39. The Morgan fingerprint density at radius 1 is 1.28 bits per heavy atom. The highest BCUT2D eigenvalue weighted by atomic mass is 16.1. The highest BCUT2D eigenvalue weighted by Crippen LogP contribution is 2.23. The first-order chi connectivity index (χ1) is 8.79. The van der Waals surface area contributed by atoms with E-state index in [1.54, 1.807) is 0 Å². The van der Waals surface area contributed by atoms with E-state index in [0.29, 0.717) is 6.42 Å². The van der Waals surface area contributed by atoms with Crippen molar-refractivity contribution in [1.82, 2.24) is 10.6 Å². The Morgan fingerprint density at radius 2 is 2.17 bits per heavy atom. The van der Waals surface area contributed by atoms with Crippen molar-refractivity contribution in [2.45, 2.75) is 19.3 Å². The molecule has 98 valence electrons. The van der Waals surface area contributed by atoms with E-state index in [0.717, 1.165) is 43.7 Å². The van der Waals surface area contributed by atoms with Crippen LogP contribution in [0.15, 0.2) is 18.2 Å². The average Bonchev–Trinajstić information content (AvgIpc) is 2.73. The van der Waals surface area contributed by atoms with Gasteiger partial charge < -0.3 is 16.0 Å². The van der Waals surface area contributed by atoms with Crippen molar-refractivity contribution in [3.05, 3.63) is 29.3 Å². The van der Waals surface area contributed by atoms with Crippen LogP contribution in [0.3, 0.4) is 0 Å². The third kappa shape index (κ3) is 3.55. The predicted molar refractivity (Wildman–Crippen MR) is 73.9 cm³/mol. The molecule has 0 fully saturated rings. The molecule has 18 heavy (non-hydrogen) atoms. The van der Waals surface area contributed by atoms with Gasteiger partial charge in [-0.05, 0) is 56.7 Å². The van der Waals surface area contributed by atoms with E-state index in [9.17, 15) is 4.79 Å². The van der Waals surface area contributed by atoms with E-state index in [1.807, 2.05) is 13.1 Å². The lowest BCUT2D eigenvalue weighted by Gasteiger charge is -2.06. The number of carbonyl (C=O) groups is 1. The summed E-state index contributed by atoms with van der Waals surface area (Å²) in [6.45, 7) is 3.09. The maximum atomic E-state index is 11.2. The number of rotatable bonds is 7. The van der Waals surface area contributed by atoms with Crippen LogP contribution in [0.2, 0.25) is 0 Å². The van der Waals surface area contributed by atoms with E-state index in [1.165, 1.54) is 5.56 Å². The van der Waals surface area contributed by atoms with Gasteiger partial charge in [0, 0.05) is 5.69 Å². The predicted octanol–water partition coefficient (Wildman–Crippen LogP) is 0.923. The fourth-order valence-corrected chi connectivity index (χ4v) is 2.19. The van der Waals surface area contributed by atoms with Crippen molar-refractivity contribution in [3.8, 4) is 0 Å². The lowest BCUT2D eigenvalue weighted by atomic mass is 10.1. The third-order valence-corrected chi connectivity index (χ3v) is 3.17. The summed E-state index contributed by atoms with van der Waals surface area (Å²) in [5.74, 6) is 0.104. The Morgan fingerprint density at radius 3 is 3.00 bits per heavy atom. The van der Waals surface area contributed by atoms with Gasteiger partial charge in [-0.3, -0.25) is 4.79 Å². The Kier molecular flexibility index (Phi) is 4.73. The molecule has 1 aromatic rings. The summed E-state index contributed by atoms with van der Waals surface area (Å²) in [4.78, 5) is 11.2. The van der Waals surface area contributed by atoms with Crippen molar-refractivity contribution in [2.75, 3.05) is 32.0 Å². The molecule has 0 unspecified atom stereocenters. The first kappa shape index (κ1) is 13.1. The van der Waals surface area contributed by atoms with Crippen LogP contribution in [0.1, 0.15) is 17.5 Å². The van der Waals surface area contributed by atoms with Crippen LogP contribution in [0, 0.1) is 0 Å². The van der Waals surface area contributed by atoms with Gasteiger partial charge in [-0.25, -0.2) is 0 Å². The van der Waals surface area contributed by atoms with Crippen LogP contribution in [-0.2, 0) is 17.6 Å². The van der Waals surface area contributed by atoms with Gasteiger partial charge in [0.2, 0.25) is 5.91 Å². The zero-order valence-electron chi connectivity index (χ0n) is 10.9. The molecule has 1 aliphatic rings. The first-order valence-corrected chi connectivity index (χ1v) is 6.56. The first-order valence-electron chi connectivity index (χ1n) is 6.56. The molecule has 1 aliphatic heterocycles.